The summed E-state index contributed by atoms with van der Waals surface area (Å²) >= 11 is 9.51. The second kappa shape index (κ2) is 8.99. The van der Waals surface area contributed by atoms with E-state index in [0.717, 1.165) is 20.0 Å². The maximum atomic E-state index is 13.1. The molecule has 0 bridgehead atoms. The molecule has 1 aromatic carbocycles. The minimum absolute atomic E-state index is 0.0562. The lowest BCUT2D eigenvalue weighted by molar-refractivity contribution is -0.203. The van der Waals surface area contributed by atoms with E-state index in [1.807, 2.05) is 0 Å². The topological polar surface area (TPSA) is 86.0 Å². The zero-order valence-electron chi connectivity index (χ0n) is 17.5. The number of rotatable bonds is 7. The lowest BCUT2D eigenvalue weighted by Gasteiger charge is -2.19. The van der Waals surface area contributed by atoms with Gasteiger partial charge in [0.05, 0.1) is 16.8 Å². The van der Waals surface area contributed by atoms with Gasteiger partial charge in [-0.2, -0.15) is 23.4 Å². The average Bonchev–Trinajstić information content (AvgIpc) is 3.35. The number of ether oxygens (including phenoxy) is 1. The Kier molecular flexibility index (Phi) is 6.43. The zero-order chi connectivity index (χ0) is 23.9. The molecule has 1 atom stereocenters. The summed E-state index contributed by atoms with van der Waals surface area (Å²) in [5.41, 5.74) is 1.75. The summed E-state index contributed by atoms with van der Waals surface area (Å²) < 4.78 is 46.8. The summed E-state index contributed by atoms with van der Waals surface area (Å²) in [4.78, 5) is 12.5. The first-order chi connectivity index (χ1) is 15.6. The van der Waals surface area contributed by atoms with Crippen LogP contribution in [0.2, 0.25) is 5.02 Å². The van der Waals surface area contributed by atoms with Crippen molar-refractivity contribution in [1.82, 2.24) is 24.9 Å². The number of aromatic nitrogens is 4. The molecule has 0 radical (unpaired) electrons. The van der Waals surface area contributed by atoms with Crippen molar-refractivity contribution in [1.29, 1.82) is 0 Å². The molecule has 1 saturated carbocycles. The molecule has 1 aliphatic carbocycles. The Hall–Kier alpha value is -2.57. The van der Waals surface area contributed by atoms with Crippen LogP contribution in [0.3, 0.4) is 0 Å². The number of hydrogen-bond acceptors (Lipinski definition) is 5. The molecular weight excluding hydrogens is 529 g/mol. The van der Waals surface area contributed by atoms with Gasteiger partial charge in [0.2, 0.25) is 6.23 Å². The highest BCUT2D eigenvalue weighted by atomic mass is 79.9. The highest BCUT2D eigenvalue weighted by Crippen LogP contribution is 2.33. The number of carbonyl (C=O) groups is 1. The van der Waals surface area contributed by atoms with Gasteiger partial charge in [0.15, 0.2) is 11.6 Å². The van der Waals surface area contributed by atoms with E-state index in [1.54, 1.807) is 37.6 Å². The Labute approximate surface area is 200 Å². The molecular formula is C20H19BrClF3N6O2. The number of anilines is 1. The molecule has 176 valence electrons. The SMILES string of the molecule is COC(Nc1nn(C)c(-n2cc(-c3ccc(Cl)c(C(=O)NC4CC4)c3)cn2)c1Br)C(F)(F)F. The first kappa shape index (κ1) is 23.6. The third-order valence-electron chi connectivity index (χ3n) is 5.02. The van der Waals surface area contributed by atoms with E-state index < -0.39 is 12.4 Å². The first-order valence-electron chi connectivity index (χ1n) is 9.83. The molecule has 0 spiro atoms. The predicted octanol–water partition coefficient (Wildman–Crippen LogP) is 4.53. The number of alkyl halides is 3. The molecule has 4 rings (SSSR count). The summed E-state index contributed by atoms with van der Waals surface area (Å²) in [7, 11) is 2.53. The summed E-state index contributed by atoms with van der Waals surface area (Å²) in [5, 5.41) is 13.9. The van der Waals surface area contributed by atoms with Crippen molar-refractivity contribution in [2.45, 2.75) is 31.3 Å². The Balaban J connectivity index is 1.61. The fourth-order valence-corrected chi connectivity index (χ4v) is 4.02. The van der Waals surface area contributed by atoms with E-state index in [1.165, 1.54) is 9.36 Å². The number of halogens is 5. The number of nitrogens with one attached hydrogen (secondary N) is 2. The molecule has 8 nitrogen and oxygen atoms in total. The molecule has 2 heterocycles. The van der Waals surface area contributed by atoms with Gasteiger partial charge in [-0.3, -0.25) is 4.79 Å². The fraction of sp³-hybridized carbons (Fsp3) is 0.350. The number of amides is 1. The first-order valence-corrected chi connectivity index (χ1v) is 11.0. The Morgan fingerprint density at radius 3 is 2.70 bits per heavy atom. The van der Waals surface area contributed by atoms with Crippen molar-refractivity contribution in [3.05, 3.63) is 45.7 Å². The second-order valence-corrected chi connectivity index (χ2v) is 8.73. The average molecular weight is 548 g/mol. The third-order valence-corrected chi connectivity index (χ3v) is 6.08. The van der Waals surface area contributed by atoms with Crippen molar-refractivity contribution < 1.29 is 22.7 Å². The summed E-state index contributed by atoms with van der Waals surface area (Å²) in [6.07, 6.45) is -1.68. The maximum Gasteiger partial charge on any atom is 0.433 e. The number of methoxy groups -OCH3 is 1. The number of aryl methyl sites for hydroxylation is 1. The van der Waals surface area contributed by atoms with Crippen molar-refractivity contribution in [2.24, 2.45) is 7.05 Å². The summed E-state index contributed by atoms with van der Waals surface area (Å²) in [6.45, 7) is 0. The minimum Gasteiger partial charge on any atom is -0.353 e. The van der Waals surface area contributed by atoms with E-state index >= 15 is 0 Å². The standard InChI is InChI=1S/C20H19BrClF3N6O2/c1-30-18(15(21)16(29-30)28-19(33-2)20(23,24)25)31-9-11(8-26-31)10-3-6-14(22)13(7-10)17(32)27-12-4-5-12/h3,6-9,12,19H,4-5H2,1-2H3,(H,27,32)(H,28,29). The van der Waals surface area contributed by atoms with E-state index in [9.17, 15) is 18.0 Å². The van der Waals surface area contributed by atoms with Crippen molar-refractivity contribution >= 4 is 39.3 Å². The molecule has 3 aromatic rings. The normalized spacial score (nSPS) is 14.9. The third kappa shape index (κ3) is 5.02. The second-order valence-electron chi connectivity index (χ2n) is 7.53. The number of hydrogen-bond donors (Lipinski definition) is 2. The van der Waals surface area contributed by atoms with E-state index in [0.29, 0.717) is 27.5 Å². The highest BCUT2D eigenvalue weighted by molar-refractivity contribution is 9.10. The molecule has 1 amide bonds. The van der Waals surface area contributed by atoms with Gasteiger partial charge in [-0.15, -0.1) is 0 Å². The maximum absolute atomic E-state index is 13.1. The van der Waals surface area contributed by atoms with Crippen LogP contribution in [0.4, 0.5) is 19.0 Å². The molecule has 1 unspecified atom stereocenters. The van der Waals surface area contributed by atoms with Crippen LogP contribution in [0.5, 0.6) is 0 Å². The van der Waals surface area contributed by atoms with E-state index in [-0.39, 0.29) is 22.2 Å². The van der Waals surface area contributed by atoms with Gasteiger partial charge in [0, 0.05) is 32.0 Å². The minimum atomic E-state index is -4.62. The van der Waals surface area contributed by atoms with Crippen LogP contribution < -0.4 is 10.6 Å². The van der Waals surface area contributed by atoms with Gasteiger partial charge < -0.3 is 15.4 Å². The molecule has 33 heavy (non-hydrogen) atoms. The number of carbonyl (C=O) groups excluding carboxylic acids is 1. The molecule has 2 aromatic heterocycles. The van der Waals surface area contributed by atoms with Gasteiger partial charge in [-0.05, 0) is 46.5 Å². The van der Waals surface area contributed by atoms with E-state index in [2.05, 4.69) is 41.5 Å². The summed E-state index contributed by atoms with van der Waals surface area (Å²) in [5.74, 6) is 0.0971. The smallest absolute Gasteiger partial charge is 0.353 e. The molecule has 0 saturated heterocycles. The lowest BCUT2D eigenvalue weighted by Crippen LogP contribution is -2.38. The monoisotopic (exact) mass is 546 g/mol. The zero-order valence-corrected chi connectivity index (χ0v) is 19.8. The quantitative estimate of drug-likeness (QED) is 0.425. The number of benzene rings is 1. The van der Waals surface area contributed by atoms with Gasteiger partial charge in [0.25, 0.3) is 5.91 Å². The highest BCUT2D eigenvalue weighted by Gasteiger charge is 2.41. The van der Waals surface area contributed by atoms with Gasteiger partial charge in [-0.1, -0.05) is 17.7 Å². The van der Waals surface area contributed by atoms with Gasteiger partial charge in [0.1, 0.15) is 4.47 Å². The van der Waals surface area contributed by atoms with Gasteiger partial charge >= 0.3 is 6.18 Å². The molecule has 1 fully saturated rings. The van der Waals surface area contributed by atoms with E-state index in [4.69, 9.17) is 11.6 Å². The van der Waals surface area contributed by atoms with Crippen LogP contribution >= 0.6 is 27.5 Å². The van der Waals surface area contributed by atoms with Crippen LogP contribution in [-0.4, -0.2) is 51.0 Å². The summed E-state index contributed by atoms with van der Waals surface area (Å²) in [6, 6.07) is 5.27. The Morgan fingerprint density at radius 1 is 1.33 bits per heavy atom. The Morgan fingerprint density at radius 2 is 2.06 bits per heavy atom. The predicted molar refractivity (Wildman–Crippen MR) is 119 cm³/mol. The fourth-order valence-electron chi connectivity index (χ4n) is 3.19. The Bertz CT molecular complexity index is 1190. The largest absolute Gasteiger partial charge is 0.433 e. The van der Waals surface area contributed by atoms with Gasteiger partial charge in [-0.25, -0.2) is 9.36 Å². The lowest BCUT2D eigenvalue weighted by atomic mass is 10.1. The van der Waals surface area contributed by atoms with Crippen LogP contribution in [0, 0.1) is 0 Å². The van der Waals surface area contributed by atoms with Crippen LogP contribution in [0.15, 0.2) is 35.1 Å². The van der Waals surface area contributed by atoms with Crippen molar-refractivity contribution in [3.8, 4) is 16.9 Å². The molecule has 0 aliphatic heterocycles. The number of nitrogens with zero attached hydrogens (tertiary/aromatic N) is 4. The molecule has 13 heteroatoms. The van der Waals surface area contributed by atoms with Crippen molar-refractivity contribution in [3.63, 3.8) is 0 Å². The molecule has 1 aliphatic rings. The van der Waals surface area contributed by atoms with Crippen molar-refractivity contribution in [2.75, 3.05) is 12.4 Å². The molecule has 2 N–H and O–H groups in total. The van der Waals surface area contributed by atoms with Crippen LogP contribution in [0.1, 0.15) is 23.2 Å². The van der Waals surface area contributed by atoms with Crippen LogP contribution in [-0.2, 0) is 11.8 Å². The van der Waals surface area contributed by atoms with Crippen LogP contribution in [0.25, 0.3) is 16.9 Å².